The van der Waals surface area contributed by atoms with E-state index < -0.39 is 0 Å². The van der Waals surface area contributed by atoms with Gasteiger partial charge in [0.05, 0.1) is 0 Å². The first-order valence-corrected chi connectivity index (χ1v) is 23.2. The first-order valence-electron chi connectivity index (χ1n) is 17.0. The average Bonchev–Trinajstić information content (AvgIpc) is 3.70. The summed E-state index contributed by atoms with van der Waals surface area (Å²) in [6.45, 7) is 15.8. The summed E-state index contributed by atoms with van der Waals surface area (Å²) in [5.74, 6) is 0.563. The van der Waals surface area contributed by atoms with Crippen molar-refractivity contribution in [2.75, 3.05) is 0 Å². The molecule has 0 nitrogen and oxygen atoms in total. The van der Waals surface area contributed by atoms with Gasteiger partial charge < -0.3 is 24.8 Å². The van der Waals surface area contributed by atoms with E-state index in [0.29, 0.717) is 5.92 Å². The fourth-order valence-electron chi connectivity index (χ4n) is 6.77. The van der Waals surface area contributed by atoms with E-state index in [0.717, 1.165) is 0 Å². The molecule has 8 aromatic carbocycles. The molecule has 0 saturated carbocycles. The van der Waals surface area contributed by atoms with E-state index in [-0.39, 0.29) is 30.2 Å². The Kier molecular flexibility index (Phi) is 13.7. The van der Waals surface area contributed by atoms with Crippen molar-refractivity contribution in [3.8, 4) is 22.3 Å². The van der Waals surface area contributed by atoms with Gasteiger partial charge >= 0.3 is 41.9 Å². The molecule has 252 valence electrons. The summed E-state index contributed by atoms with van der Waals surface area (Å²) in [4.78, 5) is 0. The van der Waals surface area contributed by atoms with Crippen LogP contribution in [0, 0.1) is 20.8 Å². The zero-order valence-electron chi connectivity index (χ0n) is 30.0. The minimum Gasteiger partial charge on any atom is -1.00 e. The van der Waals surface area contributed by atoms with Crippen LogP contribution in [0.2, 0.25) is 13.1 Å². The van der Waals surface area contributed by atoms with Crippen LogP contribution in [0.5, 0.6) is 0 Å². The molecule has 0 amide bonds. The topological polar surface area (TPSA) is 0 Å². The molecule has 0 bridgehead atoms. The van der Waals surface area contributed by atoms with Crippen LogP contribution in [0.15, 0.2) is 133 Å². The molecule has 4 heteroatoms. The molecule has 0 saturated heterocycles. The van der Waals surface area contributed by atoms with Gasteiger partial charge in [0, 0.05) is 0 Å². The second kappa shape index (κ2) is 17.3. The van der Waals surface area contributed by atoms with E-state index in [2.05, 4.69) is 181 Å². The van der Waals surface area contributed by atoms with Crippen molar-refractivity contribution >= 4 is 48.5 Å². The van der Waals surface area contributed by atoms with Gasteiger partial charge in [0.2, 0.25) is 0 Å². The minimum atomic E-state index is 0. The summed E-state index contributed by atoms with van der Waals surface area (Å²) in [7, 11) is 0. The van der Waals surface area contributed by atoms with Crippen LogP contribution < -0.4 is 24.8 Å². The molecule has 0 unspecified atom stereocenters. The molecule has 8 aromatic rings. The number of aryl methyl sites for hydroxylation is 3. The number of halogens is 2. The Bertz CT molecular complexity index is 2400. The number of rotatable bonds is 3. The number of hydrogen-bond acceptors (Lipinski definition) is 0. The first kappa shape index (κ1) is 39.5. The van der Waals surface area contributed by atoms with Gasteiger partial charge in [0.15, 0.2) is 0 Å². The Labute approximate surface area is 325 Å². The van der Waals surface area contributed by atoms with E-state index in [1.165, 1.54) is 87.6 Å². The van der Waals surface area contributed by atoms with Crippen molar-refractivity contribution in [3.05, 3.63) is 156 Å². The molecular formula is C46H44Cl2SiZr-2. The average molecular weight is 787 g/mol. The summed E-state index contributed by atoms with van der Waals surface area (Å²) < 4.78 is 0. The van der Waals surface area contributed by atoms with E-state index in [4.69, 9.17) is 0 Å². The molecule has 0 aliphatic rings. The number of benzene rings is 6. The van der Waals surface area contributed by atoms with Crippen molar-refractivity contribution < 1.29 is 48.1 Å². The van der Waals surface area contributed by atoms with Crippen LogP contribution in [-0.2, 0) is 23.3 Å². The Morgan fingerprint density at radius 1 is 0.540 bits per heavy atom. The third-order valence-corrected chi connectivity index (χ3v) is 9.28. The third kappa shape index (κ3) is 8.43. The molecule has 0 heterocycles. The van der Waals surface area contributed by atoms with Gasteiger partial charge in [0.25, 0.3) is 0 Å². The monoisotopic (exact) mass is 784 g/mol. The zero-order valence-corrected chi connectivity index (χ0v) is 35.0. The maximum atomic E-state index is 2.36. The zero-order chi connectivity index (χ0) is 33.9. The van der Waals surface area contributed by atoms with Crippen molar-refractivity contribution in [2.45, 2.75) is 53.6 Å². The van der Waals surface area contributed by atoms with Gasteiger partial charge in [-0.1, -0.05) is 141 Å². The predicted octanol–water partition coefficient (Wildman–Crippen LogP) is 7.60. The summed E-state index contributed by atoms with van der Waals surface area (Å²) in [5.41, 5.74) is 11.1. The Balaban J connectivity index is 0.000000196. The van der Waals surface area contributed by atoms with Gasteiger partial charge in [-0.05, 0) is 45.5 Å². The maximum Gasteiger partial charge on any atom is -0.0114 e. The van der Waals surface area contributed by atoms with Crippen molar-refractivity contribution in [2.24, 2.45) is 0 Å². The van der Waals surface area contributed by atoms with Crippen LogP contribution in [0.1, 0.15) is 42.0 Å². The molecular weight excluding hydrogens is 743 g/mol. The van der Waals surface area contributed by atoms with Crippen LogP contribution in [0.4, 0.5) is 0 Å². The standard InChI is InChI=1S/2C22H19.C2H6Si.2ClH.Zr/c1-14-11-20-16(3)15(2)13-22(21(20)12-14)19-10-6-8-17-7-4-5-9-18(17)19;1-15(2)18-13-17-9-6-12-21(22(17)14-18)20-11-5-8-16-7-3-4-10-19(16)20;1-3-2;;;/h4-13H,1-3H3;3-15H,1-2H3;1-2H3;2*1H;/q2*-1;;;;+2/p-2. The molecule has 0 aliphatic heterocycles. The number of fused-ring (bicyclic) bond motifs is 4. The summed E-state index contributed by atoms with van der Waals surface area (Å²) in [6, 6.07) is 48.7. The molecule has 0 aromatic heterocycles. The fraction of sp³-hybridized carbons (Fsp3) is 0.174. The van der Waals surface area contributed by atoms with E-state index in [9.17, 15) is 0 Å². The van der Waals surface area contributed by atoms with E-state index >= 15 is 0 Å². The van der Waals surface area contributed by atoms with Crippen LogP contribution in [0.3, 0.4) is 0 Å². The summed E-state index contributed by atoms with van der Waals surface area (Å²) in [6.07, 6.45) is 0. The van der Waals surface area contributed by atoms with E-state index in [1.54, 1.807) is 23.3 Å². The van der Waals surface area contributed by atoms with Crippen LogP contribution in [-0.4, -0.2) is 5.43 Å². The molecule has 0 aliphatic carbocycles. The molecule has 0 fully saturated rings. The molecule has 50 heavy (non-hydrogen) atoms. The van der Waals surface area contributed by atoms with Gasteiger partial charge in [0.1, 0.15) is 0 Å². The van der Waals surface area contributed by atoms with Crippen LogP contribution >= 0.6 is 0 Å². The van der Waals surface area contributed by atoms with Gasteiger partial charge in [-0.2, -0.15) is 12.1 Å². The van der Waals surface area contributed by atoms with Gasteiger partial charge in [-0.25, -0.2) is 0 Å². The van der Waals surface area contributed by atoms with Gasteiger partial charge in [-0.3, -0.25) is 0 Å². The smallest absolute Gasteiger partial charge is 0.0114 e. The fourth-order valence-corrected chi connectivity index (χ4v) is 6.77. The maximum absolute atomic E-state index is 2.36. The largest absolute Gasteiger partial charge is 1.00 e. The molecule has 0 spiro atoms. The SMILES string of the molecule is CC(C)c1cc2c(-c3cccc4ccccc34)cccc2[cH-]1.C[Si](C)=[Zr+2].Cc1cc2c(-c3cccc4ccccc34)cc(C)c(C)c2[cH-]1.[Cl-].[Cl-]. The Morgan fingerprint density at radius 2 is 1.02 bits per heavy atom. The van der Waals surface area contributed by atoms with Crippen LogP contribution in [0.25, 0.3) is 65.3 Å². The summed E-state index contributed by atoms with van der Waals surface area (Å²) in [5, 5.41) is 10.7. The second-order valence-electron chi connectivity index (χ2n) is 13.5. The quantitative estimate of drug-likeness (QED) is 0.128. The van der Waals surface area contributed by atoms with Crippen molar-refractivity contribution in [1.82, 2.24) is 0 Å². The predicted molar refractivity (Wildman–Crippen MR) is 211 cm³/mol. The molecule has 8 rings (SSSR count). The molecule has 0 radical (unpaired) electrons. The van der Waals surface area contributed by atoms with Crippen molar-refractivity contribution in [3.63, 3.8) is 0 Å². The van der Waals surface area contributed by atoms with Gasteiger partial charge in [-0.15, -0.1) is 62.5 Å². The Hall–Kier alpha value is -3.26. The third-order valence-electron chi connectivity index (χ3n) is 9.28. The number of hydrogen-bond donors (Lipinski definition) is 0. The van der Waals surface area contributed by atoms with E-state index in [1.807, 2.05) is 0 Å². The summed E-state index contributed by atoms with van der Waals surface area (Å²) >= 11 is 1.74. The Morgan fingerprint density at radius 3 is 1.58 bits per heavy atom. The second-order valence-corrected chi connectivity index (χ2v) is 22.9. The molecule has 0 atom stereocenters. The minimum absolute atomic E-state index is 0. The van der Waals surface area contributed by atoms with Crippen molar-refractivity contribution in [1.29, 1.82) is 0 Å². The molecule has 0 N–H and O–H groups in total. The normalized spacial score (nSPS) is 10.7. The first-order chi connectivity index (χ1) is 23.1.